The van der Waals surface area contributed by atoms with Crippen molar-refractivity contribution in [3.05, 3.63) is 89.0 Å². The highest BCUT2D eigenvalue weighted by atomic mass is 16.6. The molecule has 2 amide bonds. The summed E-state index contributed by atoms with van der Waals surface area (Å²) in [5, 5.41) is 12.4. The van der Waals surface area contributed by atoms with E-state index >= 15 is 0 Å². The number of nitrogens with zero attached hydrogens (tertiary/aromatic N) is 1. The van der Waals surface area contributed by atoms with Gasteiger partial charge in [0.05, 0.1) is 12.7 Å². The number of fused-ring (bicyclic) bond motifs is 3. The summed E-state index contributed by atoms with van der Waals surface area (Å²) < 4.78 is 10.9. The number of carbonyl (C=O) groups excluding carboxylic acids is 2. The van der Waals surface area contributed by atoms with Crippen LogP contribution in [0, 0.1) is 0 Å². The van der Waals surface area contributed by atoms with Crippen LogP contribution in [-0.2, 0) is 16.0 Å². The predicted molar refractivity (Wildman–Crippen MR) is 139 cm³/mol. The highest BCUT2D eigenvalue weighted by Crippen LogP contribution is 2.44. The van der Waals surface area contributed by atoms with Crippen molar-refractivity contribution in [2.75, 3.05) is 27.8 Å². The molecule has 0 saturated heterocycles. The first-order valence-corrected chi connectivity index (χ1v) is 12.0. The Kier molecular flexibility index (Phi) is 7.77. The largest absolute Gasteiger partial charge is 0.496 e. The van der Waals surface area contributed by atoms with Crippen LogP contribution in [0.5, 0.6) is 5.75 Å². The average Bonchev–Trinajstić information content (AvgIpc) is 3.24. The third-order valence-corrected chi connectivity index (χ3v) is 6.82. The van der Waals surface area contributed by atoms with Crippen molar-refractivity contribution in [2.45, 2.75) is 24.8 Å². The molecule has 1 atom stereocenters. The van der Waals surface area contributed by atoms with Crippen molar-refractivity contribution in [1.82, 2.24) is 10.2 Å². The minimum absolute atomic E-state index is 0.109. The number of carboxylic acids is 1. The molecule has 1 aliphatic carbocycles. The summed E-state index contributed by atoms with van der Waals surface area (Å²) in [5.74, 6) is -1.12. The molecule has 192 valence electrons. The zero-order chi connectivity index (χ0) is 26.5. The van der Waals surface area contributed by atoms with Crippen LogP contribution in [0.25, 0.3) is 11.1 Å². The Morgan fingerprint density at radius 2 is 1.62 bits per heavy atom. The normalized spacial score (nSPS) is 12.7. The summed E-state index contributed by atoms with van der Waals surface area (Å²) >= 11 is 0. The van der Waals surface area contributed by atoms with Crippen molar-refractivity contribution in [1.29, 1.82) is 0 Å². The van der Waals surface area contributed by atoms with Crippen molar-refractivity contribution < 1.29 is 29.0 Å². The number of rotatable bonds is 9. The number of aryl methyl sites for hydroxylation is 1. The molecule has 3 aromatic carbocycles. The van der Waals surface area contributed by atoms with E-state index < -0.39 is 18.1 Å². The summed E-state index contributed by atoms with van der Waals surface area (Å²) in [7, 11) is 4.44. The van der Waals surface area contributed by atoms with Gasteiger partial charge in [-0.25, -0.2) is 9.59 Å². The van der Waals surface area contributed by atoms with Gasteiger partial charge in [0.15, 0.2) is 0 Å². The monoisotopic (exact) mass is 502 g/mol. The second kappa shape index (κ2) is 11.2. The number of amides is 2. The third-order valence-electron chi connectivity index (χ3n) is 6.82. The van der Waals surface area contributed by atoms with E-state index in [2.05, 4.69) is 17.4 Å². The van der Waals surface area contributed by atoms with Crippen LogP contribution >= 0.6 is 0 Å². The molecule has 1 unspecified atom stereocenters. The number of carbonyl (C=O) groups is 3. The third kappa shape index (κ3) is 5.28. The SMILES string of the molecule is CNC(=O)c1cc(CCC(C(=O)O)N(C)C(=O)OCC2c3ccccc3-c3ccccc32)ccc1OC. The molecule has 37 heavy (non-hydrogen) atoms. The molecular weight excluding hydrogens is 472 g/mol. The van der Waals surface area contributed by atoms with Crippen LogP contribution in [0.15, 0.2) is 66.7 Å². The summed E-state index contributed by atoms with van der Waals surface area (Å²) in [6.07, 6.45) is -0.211. The first kappa shape index (κ1) is 25.8. The lowest BCUT2D eigenvalue weighted by atomic mass is 9.98. The number of hydrogen-bond donors (Lipinski definition) is 2. The van der Waals surface area contributed by atoms with Gasteiger partial charge in [-0.15, -0.1) is 0 Å². The summed E-state index contributed by atoms with van der Waals surface area (Å²) in [5.41, 5.74) is 5.52. The van der Waals surface area contributed by atoms with E-state index in [-0.39, 0.29) is 24.9 Å². The maximum atomic E-state index is 12.9. The predicted octanol–water partition coefficient (Wildman–Crippen LogP) is 4.32. The molecule has 0 aromatic heterocycles. The van der Waals surface area contributed by atoms with Crippen molar-refractivity contribution in [3.8, 4) is 16.9 Å². The van der Waals surface area contributed by atoms with Gasteiger partial charge in [-0.3, -0.25) is 9.69 Å². The second-order valence-corrected chi connectivity index (χ2v) is 8.92. The summed E-state index contributed by atoms with van der Waals surface area (Å²) in [6, 6.07) is 20.1. The quantitative estimate of drug-likeness (QED) is 0.452. The molecule has 0 fully saturated rings. The van der Waals surface area contributed by atoms with Crippen molar-refractivity contribution >= 4 is 18.0 Å². The van der Waals surface area contributed by atoms with Gasteiger partial charge in [0.1, 0.15) is 18.4 Å². The smallest absolute Gasteiger partial charge is 0.410 e. The van der Waals surface area contributed by atoms with E-state index in [1.807, 2.05) is 36.4 Å². The van der Waals surface area contributed by atoms with Crippen LogP contribution < -0.4 is 10.1 Å². The lowest BCUT2D eigenvalue weighted by Crippen LogP contribution is -2.43. The Hall–Kier alpha value is -4.33. The van der Waals surface area contributed by atoms with Crippen LogP contribution in [0.3, 0.4) is 0 Å². The zero-order valence-corrected chi connectivity index (χ0v) is 21.1. The molecule has 0 spiro atoms. The number of aliphatic carboxylic acids is 1. The van der Waals surface area contributed by atoms with Gasteiger partial charge in [-0.05, 0) is 52.8 Å². The zero-order valence-electron chi connectivity index (χ0n) is 21.1. The summed E-state index contributed by atoms with van der Waals surface area (Å²) in [6.45, 7) is 0.109. The number of ether oxygens (including phenoxy) is 2. The van der Waals surface area contributed by atoms with Crippen LogP contribution in [0.2, 0.25) is 0 Å². The number of carboxylic acid groups (broad SMARTS) is 1. The standard InChI is InChI=1S/C29H30N2O6/c1-30-27(32)23-16-18(13-15-26(23)36-3)12-14-25(28(33)34)31(2)29(35)37-17-24-21-10-6-4-8-19(21)20-9-5-7-11-22(20)24/h4-11,13,15-16,24-25H,12,14,17H2,1-3H3,(H,30,32)(H,33,34). The Labute approximate surface area is 215 Å². The fourth-order valence-electron chi connectivity index (χ4n) is 4.83. The van der Waals surface area contributed by atoms with E-state index in [0.29, 0.717) is 17.7 Å². The first-order valence-electron chi connectivity index (χ1n) is 12.0. The molecule has 8 heteroatoms. The van der Waals surface area contributed by atoms with Crippen LogP contribution in [0.1, 0.15) is 39.4 Å². The minimum Gasteiger partial charge on any atom is -0.496 e. The molecular formula is C29H30N2O6. The molecule has 0 heterocycles. The number of likely N-dealkylation sites (N-methyl/N-ethyl adjacent to an activating group) is 1. The van der Waals surface area contributed by atoms with Gasteiger partial charge in [0.2, 0.25) is 0 Å². The molecule has 3 aromatic rings. The average molecular weight is 503 g/mol. The topological polar surface area (TPSA) is 105 Å². The molecule has 0 bridgehead atoms. The molecule has 2 N–H and O–H groups in total. The Balaban J connectivity index is 1.43. The minimum atomic E-state index is -1.13. The maximum Gasteiger partial charge on any atom is 0.410 e. The fourth-order valence-corrected chi connectivity index (χ4v) is 4.83. The Morgan fingerprint density at radius 3 is 2.19 bits per heavy atom. The van der Waals surface area contributed by atoms with E-state index in [9.17, 15) is 19.5 Å². The van der Waals surface area contributed by atoms with Gasteiger partial charge in [0, 0.05) is 20.0 Å². The molecule has 0 aliphatic heterocycles. The van der Waals surface area contributed by atoms with Crippen molar-refractivity contribution in [2.24, 2.45) is 0 Å². The van der Waals surface area contributed by atoms with Gasteiger partial charge in [-0.2, -0.15) is 0 Å². The number of nitrogens with one attached hydrogen (secondary N) is 1. The van der Waals surface area contributed by atoms with Crippen LogP contribution in [-0.4, -0.2) is 61.8 Å². The van der Waals surface area contributed by atoms with Gasteiger partial charge >= 0.3 is 12.1 Å². The molecule has 4 rings (SSSR count). The number of methoxy groups -OCH3 is 1. The fraction of sp³-hybridized carbons (Fsp3) is 0.276. The second-order valence-electron chi connectivity index (χ2n) is 8.92. The van der Waals surface area contributed by atoms with Gasteiger partial charge in [-0.1, -0.05) is 54.6 Å². The van der Waals surface area contributed by atoms with E-state index in [1.165, 1.54) is 21.2 Å². The lowest BCUT2D eigenvalue weighted by molar-refractivity contribution is -0.142. The first-order chi connectivity index (χ1) is 17.8. The maximum absolute atomic E-state index is 12.9. The Bertz CT molecular complexity index is 1280. The number of benzene rings is 3. The lowest BCUT2D eigenvalue weighted by Gasteiger charge is -2.25. The van der Waals surface area contributed by atoms with E-state index in [0.717, 1.165) is 32.7 Å². The van der Waals surface area contributed by atoms with E-state index in [1.54, 1.807) is 18.2 Å². The van der Waals surface area contributed by atoms with E-state index in [4.69, 9.17) is 9.47 Å². The summed E-state index contributed by atoms with van der Waals surface area (Å²) in [4.78, 5) is 38.3. The highest BCUT2D eigenvalue weighted by molar-refractivity contribution is 5.97. The Morgan fingerprint density at radius 1 is 1.00 bits per heavy atom. The van der Waals surface area contributed by atoms with Crippen LogP contribution in [0.4, 0.5) is 4.79 Å². The number of hydrogen-bond acceptors (Lipinski definition) is 5. The van der Waals surface area contributed by atoms with Crippen molar-refractivity contribution in [3.63, 3.8) is 0 Å². The van der Waals surface area contributed by atoms with Gasteiger partial charge < -0.3 is 19.9 Å². The molecule has 8 nitrogen and oxygen atoms in total. The molecule has 0 radical (unpaired) electrons. The molecule has 1 aliphatic rings. The molecule has 0 saturated carbocycles. The highest BCUT2D eigenvalue weighted by Gasteiger charge is 2.32. The van der Waals surface area contributed by atoms with Gasteiger partial charge in [0.25, 0.3) is 5.91 Å².